The molecular weight excluding hydrogens is 296 g/mol. The van der Waals surface area contributed by atoms with E-state index in [2.05, 4.69) is 10.6 Å². The van der Waals surface area contributed by atoms with Crippen LogP contribution in [-0.4, -0.2) is 36.9 Å². The Labute approximate surface area is 136 Å². The number of urea groups is 1. The summed E-state index contributed by atoms with van der Waals surface area (Å²) < 4.78 is 5.38. The molecule has 1 aromatic carbocycles. The topological polar surface area (TPSA) is 87.7 Å². The molecule has 0 aliphatic heterocycles. The van der Waals surface area contributed by atoms with Gasteiger partial charge in [-0.25, -0.2) is 9.59 Å². The second-order valence-electron chi connectivity index (χ2n) is 5.99. The van der Waals surface area contributed by atoms with Crippen LogP contribution in [0.15, 0.2) is 24.3 Å². The summed E-state index contributed by atoms with van der Waals surface area (Å²) in [4.78, 5) is 22.6. The van der Waals surface area contributed by atoms with Gasteiger partial charge in [-0.05, 0) is 49.3 Å². The minimum absolute atomic E-state index is 0.199. The molecule has 0 heterocycles. The largest absolute Gasteiger partial charge is 0.478 e. The van der Waals surface area contributed by atoms with E-state index in [-0.39, 0.29) is 17.0 Å². The van der Waals surface area contributed by atoms with Crippen molar-refractivity contribution in [1.82, 2.24) is 10.6 Å². The zero-order valence-electron chi connectivity index (χ0n) is 13.4. The average molecular weight is 320 g/mol. The molecule has 1 saturated carbocycles. The van der Waals surface area contributed by atoms with Crippen LogP contribution in [-0.2, 0) is 11.3 Å². The molecule has 2 amide bonds. The first kappa shape index (κ1) is 17.3. The van der Waals surface area contributed by atoms with E-state index >= 15 is 0 Å². The highest BCUT2D eigenvalue weighted by Crippen LogP contribution is 2.48. The Bertz CT molecular complexity index is 538. The van der Waals surface area contributed by atoms with Gasteiger partial charge in [0.05, 0.1) is 5.56 Å². The number of hydrogen-bond acceptors (Lipinski definition) is 3. The monoisotopic (exact) mass is 320 g/mol. The molecule has 1 aliphatic carbocycles. The van der Waals surface area contributed by atoms with Gasteiger partial charge in [-0.15, -0.1) is 0 Å². The summed E-state index contributed by atoms with van der Waals surface area (Å²) in [6.07, 6.45) is 3.26. The third-order valence-corrected chi connectivity index (χ3v) is 4.22. The van der Waals surface area contributed by atoms with Crippen LogP contribution in [0.1, 0.15) is 42.1 Å². The van der Waals surface area contributed by atoms with Crippen molar-refractivity contribution in [3.8, 4) is 0 Å². The number of ether oxygens (including phenoxy) is 1. The van der Waals surface area contributed by atoms with Gasteiger partial charge in [0, 0.05) is 26.3 Å². The van der Waals surface area contributed by atoms with Crippen molar-refractivity contribution < 1.29 is 19.4 Å². The molecule has 2 rings (SSSR count). The quantitative estimate of drug-likeness (QED) is 0.610. The maximum absolute atomic E-state index is 11.8. The van der Waals surface area contributed by atoms with Crippen molar-refractivity contribution in [2.45, 2.75) is 32.7 Å². The molecule has 0 saturated heterocycles. The maximum Gasteiger partial charge on any atom is 0.335 e. The number of hydrogen-bond donors (Lipinski definition) is 3. The van der Waals surface area contributed by atoms with Crippen LogP contribution in [0.3, 0.4) is 0 Å². The minimum atomic E-state index is -0.955. The second kappa shape index (κ2) is 7.97. The Morgan fingerprint density at radius 1 is 1.22 bits per heavy atom. The molecule has 3 N–H and O–H groups in total. The number of carboxylic acid groups (broad SMARTS) is 1. The fraction of sp³-hybridized carbons (Fsp3) is 0.529. The smallest absolute Gasteiger partial charge is 0.335 e. The first-order chi connectivity index (χ1) is 11.0. The molecule has 0 radical (unpaired) electrons. The Hall–Kier alpha value is -2.08. The summed E-state index contributed by atoms with van der Waals surface area (Å²) in [7, 11) is 0. The van der Waals surface area contributed by atoms with Gasteiger partial charge in [0.15, 0.2) is 0 Å². The molecule has 1 fully saturated rings. The van der Waals surface area contributed by atoms with Crippen LogP contribution in [0.2, 0.25) is 0 Å². The number of rotatable bonds is 9. The van der Waals surface area contributed by atoms with Crippen LogP contribution in [0.4, 0.5) is 4.79 Å². The van der Waals surface area contributed by atoms with E-state index in [9.17, 15) is 9.59 Å². The van der Waals surface area contributed by atoms with E-state index < -0.39 is 5.97 Å². The van der Waals surface area contributed by atoms with Gasteiger partial charge in [0.2, 0.25) is 0 Å². The van der Waals surface area contributed by atoms with Crippen LogP contribution < -0.4 is 10.6 Å². The Balaban J connectivity index is 1.68. The Morgan fingerprint density at radius 2 is 1.91 bits per heavy atom. The van der Waals surface area contributed by atoms with Gasteiger partial charge in [-0.3, -0.25) is 0 Å². The zero-order valence-corrected chi connectivity index (χ0v) is 13.4. The van der Waals surface area contributed by atoms with E-state index in [0.29, 0.717) is 13.1 Å². The van der Waals surface area contributed by atoms with Crippen molar-refractivity contribution in [2.75, 3.05) is 19.8 Å². The lowest BCUT2D eigenvalue weighted by Crippen LogP contribution is -2.38. The van der Waals surface area contributed by atoms with E-state index in [1.54, 1.807) is 12.1 Å². The number of amides is 2. The van der Waals surface area contributed by atoms with E-state index in [4.69, 9.17) is 9.84 Å². The Morgan fingerprint density at radius 3 is 2.48 bits per heavy atom. The Kier molecular flexibility index (Phi) is 5.98. The predicted molar refractivity (Wildman–Crippen MR) is 86.4 cm³/mol. The number of nitrogens with one attached hydrogen (secondary N) is 2. The van der Waals surface area contributed by atoms with Crippen LogP contribution in [0.5, 0.6) is 0 Å². The highest BCUT2D eigenvalue weighted by Gasteiger charge is 2.42. The summed E-state index contributed by atoms with van der Waals surface area (Å²) in [5, 5.41) is 14.5. The van der Waals surface area contributed by atoms with Gasteiger partial charge in [0.25, 0.3) is 0 Å². The maximum atomic E-state index is 11.8. The molecular formula is C17H24N2O4. The lowest BCUT2D eigenvalue weighted by Gasteiger charge is -2.16. The fourth-order valence-electron chi connectivity index (χ4n) is 2.40. The van der Waals surface area contributed by atoms with E-state index in [1.165, 1.54) is 12.1 Å². The summed E-state index contributed by atoms with van der Waals surface area (Å²) in [6.45, 7) is 4.50. The molecule has 0 bridgehead atoms. The summed E-state index contributed by atoms with van der Waals surface area (Å²) in [5.74, 6) is -0.955. The van der Waals surface area contributed by atoms with Gasteiger partial charge >= 0.3 is 12.0 Å². The van der Waals surface area contributed by atoms with Gasteiger partial charge in [0.1, 0.15) is 0 Å². The summed E-state index contributed by atoms with van der Waals surface area (Å²) in [6, 6.07) is 6.27. The number of carbonyl (C=O) groups is 2. The molecule has 6 heteroatoms. The molecule has 0 spiro atoms. The second-order valence-corrected chi connectivity index (χ2v) is 5.99. The number of benzene rings is 1. The lowest BCUT2D eigenvalue weighted by molar-refractivity contribution is 0.0697. The first-order valence-corrected chi connectivity index (χ1v) is 7.96. The summed E-state index contributed by atoms with van der Waals surface area (Å²) >= 11 is 0. The van der Waals surface area contributed by atoms with Crippen molar-refractivity contribution in [2.24, 2.45) is 5.41 Å². The molecule has 126 valence electrons. The molecule has 0 aromatic heterocycles. The highest BCUT2D eigenvalue weighted by molar-refractivity contribution is 5.87. The minimum Gasteiger partial charge on any atom is -0.478 e. The van der Waals surface area contributed by atoms with Crippen molar-refractivity contribution >= 4 is 12.0 Å². The number of carboxylic acids is 1. The lowest BCUT2D eigenvalue weighted by atomic mass is 10.0. The summed E-state index contributed by atoms with van der Waals surface area (Å²) in [5.41, 5.74) is 1.32. The van der Waals surface area contributed by atoms with Gasteiger partial charge in [-0.1, -0.05) is 12.1 Å². The van der Waals surface area contributed by atoms with E-state index in [1.807, 2.05) is 6.92 Å². The molecule has 0 atom stereocenters. The van der Waals surface area contributed by atoms with Crippen molar-refractivity contribution in [3.05, 3.63) is 35.4 Å². The predicted octanol–water partition coefficient (Wildman–Crippen LogP) is 2.39. The standard InChI is InChI=1S/C17H24N2O4/c1-2-23-10-9-17(7-8-17)12-19-16(22)18-11-13-3-5-14(6-4-13)15(20)21/h3-6H,2,7-12H2,1H3,(H,20,21)(H2,18,19,22). The highest BCUT2D eigenvalue weighted by atomic mass is 16.5. The molecule has 1 aliphatic rings. The van der Waals surface area contributed by atoms with E-state index in [0.717, 1.165) is 38.0 Å². The van der Waals surface area contributed by atoms with Crippen LogP contribution in [0.25, 0.3) is 0 Å². The molecule has 23 heavy (non-hydrogen) atoms. The zero-order chi connectivity index (χ0) is 16.7. The molecule has 1 aromatic rings. The third-order valence-electron chi connectivity index (χ3n) is 4.22. The fourth-order valence-corrected chi connectivity index (χ4v) is 2.40. The normalized spacial score (nSPS) is 15.0. The van der Waals surface area contributed by atoms with Crippen molar-refractivity contribution in [1.29, 1.82) is 0 Å². The molecule has 0 unspecified atom stereocenters. The third kappa shape index (κ3) is 5.56. The number of aromatic carboxylic acids is 1. The van der Waals surface area contributed by atoms with Crippen LogP contribution >= 0.6 is 0 Å². The molecule has 6 nitrogen and oxygen atoms in total. The number of carbonyl (C=O) groups excluding carboxylic acids is 1. The van der Waals surface area contributed by atoms with Gasteiger partial charge < -0.3 is 20.5 Å². The SMILES string of the molecule is CCOCCC1(CNC(=O)NCc2ccc(C(=O)O)cc2)CC1. The van der Waals surface area contributed by atoms with Gasteiger partial charge in [-0.2, -0.15) is 0 Å². The average Bonchev–Trinajstić information content (AvgIpc) is 3.32. The van der Waals surface area contributed by atoms with Crippen LogP contribution in [0, 0.1) is 5.41 Å². The first-order valence-electron chi connectivity index (χ1n) is 7.96. The van der Waals surface area contributed by atoms with Crippen molar-refractivity contribution in [3.63, 3.8) is 0 Å².